The van der Waals surface area contributed by atoms with Crippen LogP contribution in [0.3, 0.4) is 0 Å². The molecule has 1 atom stereocenters. The van der Waals surface area contributed by atoms with Gasteiger partial charge in [0.25, 0.3) is 0 Å². The molecule has 1 unspecified atom stereocenters. The summed E-state index contributed by atoms with van der Waals surface area (Å²) in [7, 11) is 0. The Kier molecular flexibility index (Phi) is 6.15. The molecule has 0 aliphatic rings. The van der Waals surface area contributed by atoms with Gasteiger partial charge in [0.15, 0.2) is 6.10 Å². The van der Waals surface area contributed by atoms with Crippen molar-refractivity contribution in [3.8, 4) is 5.75 Å². The third kappa shape index (κ3) is 5.96. The first-order chi connectivity index (χ1) is 8.93. The summed E-state index contributed by atoms with van der Waals surface area (Å²) in [6.07, 6.45) is -4.50. The monoisotopic (exact) mass is 276 g/mol. The van der Waals surface area contributed by atoms with Gasteiger partial charge in [-0.3, -0.25) is 0 Å². The number of phenolic OH excluding ortho intramolecular Hbond substituents is 1. The SMILES string of the molecule is CCCOC(CCCc1ccc(O)cc1)C(F)(F)F. The topological polar surface area (TPSA) is 29.5 Å². The number of aryl methyl sites for hydroxylation is 1. The molecule has 0 heterocycles. The molecular weight excluding hydrogens is 257 g/mol. The van der Waals surface area contributed by atoms with Crippen LogP contribution in [0, 0.1) is 0 Å². The number of aromatic hydroxyl groups is 1. The van der Waals surface area contributed by atoms with E-state index < -0.39 is 12.3 Å². The van der Waals surface area contributed by atoms with E-state index in [0.29, 0.717) is 19.3 Å². The van der Waals surface area contributed by atoms with Crippen molar-refractivity contribution in [1.29, 1.82) is 0 Å². The molecule has 2 nitrogen and oxygen atoms in total. The maximum atomic E-state index is 12.7. The highest BCUT2D eigenvalue weighted by Gasteiger charge is 2.39. The van der Waals surface area contributed by atoms with Crippen molar-refractivity contribution in [1.82, 2.24) is 0 Å². The lowest BCUT2D eigenvalue weighted by atomic mass is 10.1. The van der Waals surface area contributed by atoms with Crippen LogP contribution in [0.15, 0.2) is 24.3 Å². The van der Waals surface area contributed by atoms with Crippen molar-refractivity contribution < 1.29 is 23.0 Å². The highest BCUT2D eigenvalue weighted by Crippen LogP contribution is 2.27. The Morgan fingerprint density at radius 1 is 1.21 bits per heavy atom. The maximum absolute atomic E-state index is 12.7. The summed E-state index contributed by atoms with van der Waals surface area (Å²) in [6.45, 7) is 1.91. The molecule has 0 aliphatic carbocycles. The second kappa shape index (κ2) is 7.38. The summed E-state index contributed by atoms with van der Waals surface area (Å²) in [5.74, 6) is 0.156. The van der Waals surface area contributed by atoms with Crippen LogP contribution in [0.5, 0.6) is 5.75 Å². The summed E-state index contributed by atoms with van der Waals surface area (Å²) in [5, 5.41) is 9.11. The highest BCUT2D eigenvalue weighted by atomic mass is 19.4. The molecule has 19 heavy (non-hydrogen) atoms. The average molecular weight is 276 g/mol. The summed E-state index contributed by atoms with van der Waals surface area (Å²) < 4.78 is 42.8. The second-order valence-electron chi connectivity index (χ2n) is 4.46. The van der Waals surface area contributed by atoms with Gasteiger partial charge in [-0.05, 0) is 43.4 Å². The third-order valence-electron chi connectivity index (χ3n) is 2.76. The van der Waals surface area contributed by atoms with E-state index in [-0.39, 0.29) is 18.8 Å². The first-order valence-electron chi connectivity index (χ1n) is 6.39. The van der Waals surface area contributed by atoms with Crippen molar-refractivity contribution in [3.63, 3.8) is 0 Å². The zero-order valence-electron chi connectivity index (χ0n) is 10.9. The number of phenols is 1. The molecule has 0 bridgehead atoms. The standard InChI is InChI=1S/C14H19F3O2/c1-2-10-19-13(14(15,16)17)5-3-4-11-6-8-12(18)9-7-11/h6-9,13,18H,2-5,10H2,1H3. The van der Waals surface area contributed by atoms with Crippen LogP contribution in [0.25, 0.3) is 0 Å². The average Bonchev–Trinajstić information content (AvgIpc) is 2.34. The Morgan fingerprint density at radius 3 is 2.37 bits per heavy atom. The minimum Gasteiger partial charge on any atom is -0.508 e. The van der Waals surface area contributed by atoms with E-state index >= 15 is 0 Å². The lowest BCUT2D eigenvalue weighted by molar-refractivity contribution is -0.222. The lowest BCUT2D eigenvalue weighted by Crippen LogP contribution is -2.32. The predicted molar refractivity (Wildman–Crippen MR) is 67.1 cm³/mol. The minimum atomic E-state index is -4.30. The van der Waals surface area contributed by atoms with Gasteiger partial charge >= 0.3 is 6.18 Å². The molecule has 0 saturated carbocycles. The number of hydrogen-bond donors (Lipinski definition) is 1. The van der Waals surface area contributed by atoms with E-state index in [0.717, 1.165) is 5.56 Å². The van der Waals surface area contributed by atoms with E-state index in [1.165, 1.54) is 12.1 Å². The fourth-order valence-electron chi connectivity index (χ4n) is 1.76. The summed E-state index contributed by atoms with van der Waals surface area (Å²) in [5.41, 5.74) is 0.911. The molecule has 1 N–H and O–H groups in total. The van der Waals surface area contributed by atoms with E-state index in [2.05, 4.69) is 0 Å². The van der Waals surface area contributed by atoms with Gasteiger partial charge in [-0.1, -0.05) is 19.1 Å². The fourth-order valence-corrected chi connectivity index (χ4v) is 1.76. The molecular formula is C14H19F3O2. The minimum absolute atomic E-state index is 0.0373. The summed E-state index contributed by atoms with van der Waals surface area (Å²) in [6, 6.07) is 6.49. The lowest BCUT2D eigenvalue weighted by Gasteiger charge is -2.20. The van der Waals surface area contributed by atoms with E-state index in [1.807, 2.05) is 0 Å². The van der Waals surface area contributed by atoms with Gasteiger partial charge in [0.1, 0.15) is 5.75 Å². The van der Waals surface area contributed by atoms with Crippen molar-refractivity contribution in [2.75, 3.05) is 6.61 Å². The number of rotatable bonds is 7. The third-order valence-corrected chi connectivity index (χ3v) is 2.76. The molecule has 0 aromatic heterocycles. The van der Waals surface area contributed by atoms with Gasteiger partial charge in [0, 0.05) is 6.61 Å². The largest absolute Gasteiger partial charge is 0.508 e. The van der Waals surface area contributed by atoms with Crippen molar-refractivity contribution >= 4 is 0 Å². The Hall–Kier alpha value is -1.23. The molecule has 5 heteroatoms. The van der Waals surface area contributed by atoms with Gasteiger partial charge < -0.3 is 9.84 Å². The van der Waals surface area contributed by atoms with Crippen LogP contribution in [-0.4, -0.2) is 24.0 Å². The molecule has 1 aromatic carbocycles. The molecule has 0 amide bonds. The van der Waals surface area contributed by atoms with Crippen LogP contribution in [0.1, 0.15) is 31.7 Å². The van der Waals surface area contributed by atoms with Gasteiger partial charge in [-0.15, -0.1) is 0 Å². The van der Waals surface area contributed by atoms with E-state index in [4.69, 9.17) is 9.84 Å². The number of ether oxygens (including phenoxy) is 1. The normalized spacial score (nSPS) is 13.5. The van der Waals surface area contributed by atoms with Crippen molar-refractivity contribution in [2.45, 2.75) is 44.9 Å². The fraction of sp³-hybridized carbons (Fsp3) is 0.571. The number of benzene rings is 1. The van der Waals surface area contributed by atoms with Gasteiger partial charge in [0.2, 0.25) is 0 Å². The Balaban J connectivity index is 2.41. The number of alkyl halides is 3. The molecule has 0 fully saturated rings. The molecule has 1 aromatic rings. The van der Waals surface area contributed by atoms with Crippen molar-refractivity contribution in [3.05, 3.63) is 29.8 Å². The smallest absolute Gasteiger partial charge is 0.414 e. The Labute approximate surface area is 111 Å². The van der Waals surface area contributed by atoms with E-state index in [9.17, 15) is 13.2 Å². The van der Waals surface area contributed by atoms with E-state index in [1.54, 1.807) is 19.1 Å². The molecule has 0 saturated heterocycles. The van der Waals surface area contributed by atoms with Crippen LogP contribution in [0.2, 0.25) is 0 Å². The predicted octanol–water partition coefficient (Wildman–Crippen LogP) is 4.07. The van der Waals surface area contributed by atoms with Crippen LogP contribution >= 0.6 is 0 Å². The number of halogens is 3. The van der Waals surface area contributed by atoms with Gasteiger partial charge in [-0.25, -0.2) is 0 Å². The van der Waals surface area contributed by atoms with Crippen LogP contribution < -0.4 is 0 Å². The molecule has 0 aliphatic heterocycles. The zero-order valence-corrected chi connectivity index (χ0v) is 10.9. The quantitative estimate of drug-likeness (QED) is 0.813. The number of hydrogen-bond acceptors (Lipinski definition) is 2. The molecule has 1 rings (SSSR count). The summed E-state index contributed by atoms with van der Waals surface area (Å²) in [4.78, 5) is 0. The van der Waals surface area contributed by atoms with Crippen LogP contribution in [-0.2, 0) is 11.2 Å². The van der Waals surface area contributed by atoms with Gasteiger partial charge in [0.05, 0.1) is 0 Å². The first kappa shape index (κ1) is 15.8. The molecule has 108 valence electrons. The van der Waals surface area contributed by atoms with Crippen LogP contribution in [0.4, 0.5) is 13.2 Å². The highest BCUT2D eigenvalue weighted by molar-refractivity contribution is 5.25. The van der Waals surface area contributed by atoms with Crippen molar-refractivity contribution in [2.24, 2.45) is 0 Å². The molecule has 0 spiro atoms. The maximum Gasteiger partial charge on any atom is 0.414 e. The second-order valence-corrected chi connectivity index (χ2v) is 4.46. The first-order valence-corrected chi connectivity index (χ1v) is 6.39. The Bertz CT molecular complexity index is 360. The Morgan fingerprint density at radius 2 is 1.84 bits per heavy atom. The van der Waals surface area contributed by atoms with Gasteiger partial charge in [-0.2, -0.15) is 13.2 Å². The summed E-state index contributed by atoms with van der Waals surface area (Å²) >= 11 is 0. The molecule has 0 radical (unpaired) electrons. The zero-order chi connectivity index (χ0) is 14.3.